The Morgan fingerprint density at radius 3 is 1.68 bits per heavy atom. The third-order valence-corrected chi connectivity index (χ3v) is 13.9. The lowest BCUT2D eigenvalue weighted by molar-refractivity contribution is 0.666. The van der Waals surface area contributed by atoms with Gasteiger partial charge < -0.3 is 8.98 Å². The second kappa shape index (κ2) is 13.2. The molecule has 4 aromatic heterocycles. The Labute approximate surface area is 363 Å². The van der Waals surface area contributed by atoms with E-state index in [2.05, 4.69) is 193 Å². The molecule has 0 aliphatic carbocycles. The summed E-state index contributed by atoms with van der Waals surface area (Å²) >= 11 is 1.79. The molecule has 14 aromatic rings. The van der Waals surface area contributed by atoms with Crippen LogP contribution in [0.5, 0.6) is 0 Å². The molecule has 0 fully saturated rings. The highest BCUT2D eigenvalue weighted by molar-refractivity contribution is 7.25. The lowest BCUT2D eigenvalue weighted by atomic mass is 10.0. The first-order chi connectivity index (χ1) is 31.2. The van der Waals surface area contributed by atoms with Crippen molar-refractivity contribution in [1.82, 2.24) is 19.5 Å². The summed E-state index contributed by atoms with van der Waals surface area (Å²) in [5.41, 5.74) is 7.36. The van der Waals surface area contributed by atoms with Crippen LogP contribution in [0.4, 0.5) is 0 Å². The lowest BCUT2D eigenvalue weighted by Crippen LogP contribution is -2.04. The maximum Gasteiger partial charge on any atom is 0.166 e. The van der Waals surface area contributed by atoms with Crippen molar-refractivity contribution in [3.05, 3.63) is 194 Å². The van der Waals surface area contributed by atoms with Crippen LogP contribution in [0, 0.1) is 0 Å². The minimum Gasteiger partial charge on any atom is -0.454 e. The van der Waals surface area contributed by atoms with Gasteiger partial charge in [-0.3, -0.25) is 0 Å². The van der Waals surface area contributed by atoms with Crippen LogP contribution >= 0.6 is 11.3 Å². The summed E-state index contributed by atoms with van der Waals surface area (Å²) in [4.78, 5) is 16.3. The first-order valence-electron chi connectivity index (χ1n) is 21.2. The van der Waals surface area contributed by atoms with Crippen LogP contribution in [0.3, 0.4) is 0 Å². The molecule has 5 nitrogen and oxygen atoms in total. The van der Waals surface area contributed by atoms with Crippen molar-refractivity contribution < 1.29 is 4.42 Å². The molecule has 0 atom stereocenters. The zero-order chi connectivity index (χ0) is 41.2. The van der Waals surface area contributed by atoms with E-state index in [9.17, 15) is 0 Å². The predicted octanol–water partition coefficient (Wildman–Crippen LogP) is 15.7. The van der Waals surface area contributed by atoms with Crippen LogP contribution in [0.1, 0.15) is 0 Å². The number of para-hydroxylation sites is 1. The van der Waals surface area contributed by atoms with Gasteiger partial charge in [-0.05, 0) is 93.0 Å². The van der Waals surface area contributed by atoms with Gasteiger partial charge in [0.2, 0.25) is 0 Å². The quantitative estimate of drug-likeness (QED) is 0.177. The number of furan rings is 1. The fourth-order valence-electron chi connectivity index (χ4n) is 9.84. The summed E-state index contributed by atoms with van der Waals surface area (Å²) < 4.78 is 11.8. The SMILES string of the molecule is c1ccc2cc(-c3nc(-c4ccc5c(oc6ccccc65)c4-n4c5cc6ccccc6cc5c5cc6ccccc6cc54)nc(-c4cccc5sc6ccccc6c45)n3)ccc2c1. The molecule has 0 saturated heterocycles. The average Bonchev–Trinajstić information content (AvgIpc) is 4.01. The fourth-order valence-corrected chi connectivity index (χ4v) is 11.0. The number of fused-ring (bicyclic) bond motifs is 12. The molecule has 0 bridgehead atoms. The normalized spacial score (nSPS) is 12.1. The van der Waals surface area contributed by atoms with E-state index in [-0.39, 0.29) is 0 Å². The summed E-state index contributed by atoms with van der Waals surface area (Å²) in [6, 6.07) is 69.1. The molecule has 0 radical (unpaired) electrons. The van der Waals surface area contributed by atoms with Crippen LogP contribution in [-0.2, 0) is 0 Å². The van der Waals surface area contributed by atoms with Crippen molar-refractivity contribution in [3.63, 3.8) is 0 Å². The van der Waals surface area contributed by atoms with Crippen LogP contribution in [0.15, 0.2) is 199 Å². The van der Waals surface area contributed by atoms with Gasteiger partial charge in [-0.2, -0.15) is 0 Å². The molecule has 4 heterocycles. The van der Waals surface area contributed by atoms with Gasteiger partial charge in [0, 0.05) is 58.4 Å². The first-order valence-corrected chi connectivity index (χ1v) is 22.0. The van der Waals surface area contributed by atoms with Gasteiger partial charge in [-0.25, -0.2) is 15.0 Å². The van der Waals surface area contributed by atoms with Crippen molar-refractivity contribution in [2.45, 2.75) is 0 Å². The highest BCUT2D eigenvalue weighted by Crippen LogP contribution is 2.45. The molecule has 14 rings (SSSR count). The summed E-state index contributed by atoms with van der Waals surface area (Å²) in [5, 5.41) is 13.7. The summed E-state index contributed by atoms with van der Waals surface area (Å²) in [7, 11) is 0. The minimum atomic E-state index is 0.564. The Kier molecular flexibility index (Phi) is 7.21. The Balaban J connectivity index is 1.14. The van der Waals surface area contributed by atoms with E-state index in [1.807, 2.05) is 6.07 Å². The number of benzene rings is 10. The Bertz CT molecular complexity index is 4140. The van der Waals surface area contributed by atoms with Gasteiger partial charge in [0.15, 0.2) is 23.1 Å². The average molecular weight is 821 g/mol. The molecule has 0 unspecified atom stereocenters. The van der Waals surface area contributed by atoms with Crippen LogP contribution in [-0.4, -0.2) is 19.5 Å². The fraction of sp³-hybridized carbons (Fsp3) is 0. The highest BCUT2D eigenvalue weighted by atomic mass is 32.1. The molecular weight excluding hydrogens is 789 g/mol. The second-order valence-corrected chi connectivity index (χ2v) is 17.4. The molecular formula is C57H32N4OS. The predicted molar refractivity (Wildman–Crippen MR) is 263 cm³/mol. The monoisotopic (exact) mass is 820 g/mol. The van der Waals surface area contributed by atoms with Gasteiger partial charge >= 0.3 is 0 Å². The van der Waals surface area contributed by atoms with Gasteiger partial charge in [-0.1, -0.05) is 133 Å². The Hall–Kier alpha value is -8.19. The Morgan fingerprint density at radius 2 is 0.952 bits per heavy atom. The van der Waals surface area contributed by atoms with Crippen molar-refractivity contribution in [2.75, 3.05) is 0 Å². The van der Waals surface area contributed by atoms with E-state index >= 15 is 0 Å². The maximum atomic E-state index is 7.03. The third-order valence-electron chi connectivity index (χ3n) is 12.8. The molecule has 0 N–H and O–H groups in total. The summed E-state index contributed by atoms with van der Waals surface area (Å²) in [5.74, 6) is 1.79. The second-order valence-electron chi connectivity index (χ2n) is 16.4. The minimum absolute atomic E-state index is 0.564. The van der Waals surface area contributed by atoms with E-state index in [1.54, 1.807) is 11.3 Å². The van der Waals surface area contributed by atoms with Gasteiger partial charge in [0.1, 0.15) is 11.3 Å². The number of aromatic nitrogens is 4. The molecule has 0 aliphatic rings. The van der Waals surface area contributed by atoms with Gasteiger partial charge in [-0.15, -0.1) is 11.3 Å². The summed E-state index contributed by atoms with van der Waals surface area (Å²) in [6.07, 6.45) is 0. The molecule has 0 aliphatic heterocycles. The van der Waals surface area contributed by atoms with Crippen molar-refractivity contribution in [1.29, 1.82) is 0 Å². The van der Waals surface area contributed by atoms with Crippen LogP contribution < -0.4 is 0 Å². The largest absolute Gasteiger partial charge is 0.454 e. The first kappa shape index (κ1) is 34.5. The number of nitrogens with zero attached hydrogens (tertiary/aromatic N) is 4. The third kappa shape index (κ3) is 5.19. The van der Waals surface area contributed by atoms with Crippen molar-refractivity contribution in [2.24, 2.45) is 0 Å². The van der Waals surface area contributed by atoms with E-state index in [0.717, 1.165) is 93.1 Å². The number of hydrogen-bond acceptors (Lipinski definition) is 5. The van der Waals surface area contributed by atoms with Crippen LogP contribution in [0.25, 0.3) is 136 Å². The molecule has 0 amide bonds. The number of hydrogen-bond donors (Lipinski definition) is 0. The van der Waals surface area contributed by atoms with Crippen molar-refractivity contribution in [3.8, 4) is 39.9 Å². The molecule has 0 spiro atoms. The lowest BCUT2D eigenvalue weighted by Gasteiger charge is -2.16. The Morgan fingerprint density at radius 1 is 0.381 bits per heavy atom. The smallest absolute Gasteiger partial charge is 0.166 e. The number of thiophene rings is 1. The molecule has 0 saturated carbocycles. The van der Waals surface area contributed by atoms with E-state index in [1.165, 1.54) is 25.6 Å². The molecule has 10 aromatic carbocycles. The van der Waals surface area contributed by atoms with E-state index in [4.69, 9.17) is 19.4 Å². The molecule has 292 valence electrons. The summed E-state index contributed by atoms with van der Waals surface area (Å²) in [6.45, 7) is 0. The van der Waals surface area contributed by atoms with Gasteiger partial charge in [0.25, 0.3) is 0 Å². The molecule has 6 heteroatoms. The zero-order valence-corrected chi connectivity index (χ0v) is 34.4. The maximum absolute atomic E-state index is 7.03. The number of rotatable bonds is 4. The standard InChI is InChI=1S/C57H32N4OS/c1-2-13-34-28-39(25-24-33(34)12-1)55-58-56(43-20-11-23-51-52(43)42-19-8-10-22-50(42)63-51)60-57(59-55)44-27-26-41-40-18-7-9-21-49(40)62-54(41)53(44)61-47-31-37-16-5-3-14-35(37)29-45(47)46-30-36-15-4-6-17-38(36)32-48(46)61/h1-32H. The van der Waals surface area contributed by atoms with E-state index in [0.29, 0.717) is 17.5 Å². The van der Waals surface area contributed by atoms with Crippen LogP contribution in [0.2, 0.25) is 0 Å². The van der Waals surface area contributed by atoms with Gasteiger partial charge in [0.05, 0.1) is 11.0 Å². The zero-order valence-electron chi connectivity index (χ0n) is 33.6. The van der Waals surface area contributed by atoms with E-state index < -0.39 is 0 Å². The molecule has 63 heavy (non-hydrogen) atoms. The van der Waals surface area contributed by atoms with Crippen molar-refractivity contribution >= 4 is 108 Å². The highest BCUT2D eigenvalue weighted by Gasteiger charge is 2.26. The topological polar surface area (TPSA) is 56.7 Å².